The normalized spacial score (nSPS) is 19.6. The zero-order valence-electron chi connectivity index (χ0n) is 9.76. The SMILES string of the molecule is CC1=C/C(=C/NCC(C)(C)O)C(=N)C=C1F. The molecule has 0 spiro atoms. The van der Waals surface area contributed by atoms with E-state index in [1.165, 1.54) is 6.08 Å². The van der Waals surface area contributed by atoms with Gasteiger partial charge in [0.25, 0.3) is 0 Å². The summed E-state index contributed by atoms with van der Waals surface area (Å²) in [6.07, 6.45) is 4.41. The topological polar surface area (TPSA) is 56.1 Å². The molecule has 3 nitrogen and oxygen atoms in total. The predicted molar refractivity (Wildman–Crippen MR) is 63.1 cm³/mol. The molecule has 16 heavy (non-hydrogen) atoms. The van der Waals surface area contributed by atoms with Crippen LogP contribution in [0.2, 0.25) is 0 Å². The van der Waals surface area contributed by atoms with Gasteiger partial charge in [0.05, 0.1) is 11.3 Å². The first-order valence-electron chi connectivity index (χ1n) is 5.10. The van der Waals surface area contributed by atoms with Crippen molar-refractivity contribution < 1.29 is 9.50 Å². The van der Waals surface area contributed by atoms with Crippen molar-refractivity contribution in [1.29, 1.82) is 5.41 Å². The largest absolute Gasteiger partial charge is 0.389 e. The van der Waals surface area contributed by atoms with Gasteiger partial charge in [-0.1, -0.05) is 0 Å². The van der Waals surface area contributed by atoms with Crippen LogP contribution < -0.4 is 5.32 Å². The molecule has 0 aliphatic heterocycles. The molecule has 0 unspecified atom stereocenters. The van der Waals surface area contributed by atoms with Gasteiger partial charge >= 0.3 is 0 Å². The summed E-state index contributed by atoms with van der Waals surface area (Å²) in [6, 6.07) is 0. The monoisotopic (exact) mass is 224 g/mol. The van der Waals surface area contributed by atoms with Crippen molar-refractivity contribution in [1.82, 2.24) is 5.32 Å². The first-order chi connectivity index (χ1) is 7.29. The van der Waals surface area contributed by atoms with Gasteiger partial charge in [-0.15, -0.1) is 0 Å². The lowest BCUT2D eigenvalue weighted by atomic mass is 10.0. The zero-order chi connectivity index (χ0) is 12.3. The molecule has 0 fully saturated rings. The zero-order valence-corrected chi connectivity index (χ0v) is 9.76. The second-order valence-electron chi connectivity index (χ2n) is 4.53. The molecule has 0 aromatic heterocycles. The van der Waals surface area contributed by atoms with Gasteiger partial charge in [-0.3, -0.25) is 0 Å². The van der Waals surface area contributed by atoms with E-state index in [4.69, 9.17) is 5.41 Å². The minimum Gasteiger partial charge on any atom is -0.389 e. The van der Waals surface area contributed by atoms with Gasteiger partial charge in [0.15, 0.2) is 0 Å². The Hall–Kier alpha value is -1.42. The van der Waals surface area contributed by atoms with Crippen LogP contribution >= 0.6 is 0 Å². The average Bonchev–Trinajstić information content (AvgIpc) is 2.11. The number of allylic oxidation sites excluding steroid dienone is 5. The number of nitrogens with one attached hydrogen (secondary N) is 2. The van der Waals surface area contributed by atoms with Crippen LogP contribution in [0.1, 0.15) is 20.8 Å². The summed E-state index contributed by atoms with van der Waals surface area (Å²) in [7, 11) is 0. The Morgan fingerprint density at radius 2 is 2.12 bits per heavy atom. The standard InChI is InChI=1S/C12H17FN2O/c1-8-4-9(11(14)5-10(8)13)6-15-7-12(2,3)16/h4-6,14-16H,7H2,1-3H3/b9-6-,14-11?. The summed E-state index contributed by atoms with van der Waals surface area (Å²) in [5, 5.41) is 20.0. The number of hydrogen-bond donors (Lipinski definition) is 3. The van der Waals surface area contributed by atoms with Gasteiger partial charge in [-0.25, -0.2) is 4.39 Å². The van der Waals surface area contributed by atoms with Gasteiger partial charge in [-0.05, 0) is 38.5 Å². The maximum absolute atomic E-state index is 13.1. The lowest BCUT2D eigenvalue weighted by molar-refractivity contribution is 0.0835. The maximum Gasteiger partial charge on any atom is 0.128 e. The molecule has 1 aliphatic carbocycles. The van der Waals surface area contributed by atoms with E-state index in [9.17, 15) is 9.50 Å². The molecule has 0 saturated heterocycles. The number of aliphatic hydroxyl groups is 1. The Bertz CT molecular complexity index is 386. The van der Waals surface area contributed by atoms with Crippen LogP contribution in [-0.2, 0) is 0 Å². The third-order valence-electron chi connectivity index (χ3n) is 2.12. The Morgan fingerprint density at radius 1 is 1.50 bits per heavy atom. The number of halogens is 1. The van der Waals surface area contributed by atoms with E-state index in [0.717, 1.165) is 0 Å². The fourth-order valence-electron chi connectivity index (χ4n) is 1.23. The van der Waals surface area contributed by atoms with Crippen molar-refractivity contribution in [3.05, 3.63) is 35.3 Å². The Balaban J connectivity index is 2.69. The number of rotatable bonds is 3. The van der Waals surface area contributed by atoms with E-state index in [2.05, 4.69) is 5.32 Å². The Morgan fingerprint density at radius 3 is 2.69 bits per heavy atom. The molecular formula is C12H17FN2O. The van der Waals surface area contributed by atoms with Gasteiger partial charge in [0, 0.05) is 18.3 Å². The highest BCUT2D eigenvalue weighted by Crippen LogP contribution is 2.20. The first kappa shape index (κ1) is 12.6. The molecule has 0 atom stereocenters. The van der Waals surface area contributed by atoms with E-state index in [-0.39, 0.29) is 11.5 Å². The van der Waals surface area contributed by atoms with Crippen molar-refractivity contribution in [2.24, 2.45) is 0 Å². The summed E-state index contributed by atoms with van der Waals surface area (Å²) in [6.45, 7) is 5.40. The highest BCUT2D eigenvalue weighted by atomic mass is 19.1. The molecule has 3 N–H and O–H groups in total. The van der Waals surface area contributed by atoms with Gasteiger partial charge in [-0.2, -0.15) is 0 Å². The summed E-state index contributed by atoms with van der Waals surface area (Å²) >= 11 is 0. The van der Waals surface area contributed by atoms with Crippen molar-refractivity contribution in [3.8, 4) is 0 Å². The lowest BCUT2D eigenvalue weighted by Gasteiger charge is -2.17. The van der Waals surface area contributed by atoms with Crippen molar-refractivity contribution in [2.45, 2.75) is 26.4 Å². The molecule has 0 aromatic carbocycles. The minimum absolute atomic E-state index is 0.131. The molecule has 0 aromatic rings. The fraction of sp³-hybridized carbons (Fsp3) is 0.417. The van der Waals surface area contributed by atoms with Crippen molar-refractivity contribution in [2.75, 3.05) is 6.54 Å². The molecule has 88 valence electrons. The average molecular weight is 224 g/mol. The van der Waals surface area contributed by atoms with Crippen LogP contribution in [0, 0.1) is 5.41 Å². The van der Waals surface area contributed by atoms with Gasteiger partial charge in [0.1, 0.15) is 5.83 Å². The molecule has 0 bridgehead atoms. The minimum atomic E-state index is -0.812. The summed E-state index contributed by atoms with van der Waals surface area (Å²) in [5.41, 5.74) is 0.440. The van der Waals surface area contributed by atoms with Crippen LogP contribution in [-0.4, -0.2) is 23.0 Å². The van der Waals surface area contributed by atoms with E-state index >= 15 is 0 Å². The highest BCUT2D eigenvalue weighted by molar-refractivity contribution is 6.10. The van der Waals surface area contributed by atoms with Gasteiger partial charge in [0.2, 0.25) is 0 Å². The molecule has 4 heteroatoms. The second kappa shape index (κ2) is 4.61. The van der Waals surface area contributed by atoms with Crippen LogP contribution in [0.5, 0.6) is 0 Å². The second-order valence-corrected chi connectivity index (χ2v) is 4.53. The smallest absolute Gasteiger partial charge is 0.128 e. The molecule has 1 aliphatic rings. The fourth-order valence-corrected chi connectivity index (χ4v) is 1.23. The van der Waals surface area contributed by atoms with Crippen LogP contribution in [0.25, 0.3) is 0 Å². The summed E-state index contributed by atoms with van der Waals surface area (Å²) < 4.78 is 13.1. The maximum atomic E-state index is 13.1. The molecular weight excluding hydrogens is 207 g/mol. The predicted octanol–water partition coefficient (Wildman–Crippen LogP) is 2.06. The van der Waals surface area contributed by atoms with Gasteiger partial charge < -0.3 is 15.8 Å². The molecule has 0 saturated carbocycles. The van der Waals surface area contributed by atoms with E-state index < -0.39 is 5.60 Å². The molecule has 0 heterocycles. The third-order valence-corrected chi connectivity index (χ3v) is 2.12. The summed E-state index contributed by atoms with van der Waals surface area (Å²) in [4.78, 5) is 0. The Kier molecular flexibility index (Phi) is 3.65. The molecule has 1 rings (SSSR count). The molecule has 0 amide bonds. The molecule has 0 radical (unpaired) electrons. The van der Waals surface area contributed by atoms with Crippen LogP contribution in [0.4, 0.5) is 4.39 Å². The van der Waals surface area contributed by atoms with Crippen molar-refractivity contribution >= 4 is 5.71 Å². The first-order valence-corrected chi connectivity index (χ1v) is 5.10. The Labute approximate surface area is 94.9 Å². The lowest BCUT2D eigenvalue weighted by Crippen LogP contribution is -2.32. The summed E-state index contributed by atoms with van der Waals surface area (Å²) in [5.74, 6) is -0.371. The van der Waals surface area contributed by atoms with Crippen molar-refractivity contribution in [3.63, 3.8) is 0 Å². The van der Waals surface area contributed by atoms with Crippen LogP contribution in [0.15, 0.2) is 35.3 Å². The van der Waals surface area contributed by atoms with E-state index in [0.29, 0.717) is 17.7 Å². The highest BCUT2D eigenvalue weighted by Gasteiger charge is 2.13. The van der Waals surface area contributed by atoms with Crippen LogP contribution in [0.3, 0.4) is 0 Å². The third kappa shape index (κ3) is 3.62. The van der Waals surface area contributed by atoms with E-state index in [1.54, 1.807) is 33.0 Å². The quantitative estimate of drug-likeness (QED) is 0.687. The number of hydrogen-bond acceptors (Lipinski definition) is 3. The van der Waals surface area contributed by atoms with E-state index in [1.807, 2.05) is 0 Å².